The third kappa shape index (κ3) is 3.59. The van der Waals surface area contributed by atoms with E-state index in [1.807, 2.05) is 12.1 Å². The molecule has 4 heterocycles. The van der Waals surface area contributed by atoms with E-state index in [2.05, 4.69) is 15.2 Å². The number of likely N-dealkylation sites (tertiary alicyclic amines) is 1. The molecule has 35 heavy (non-hydrogen) atoms. The second-order valence-corrected chi connectivity index (χ2v) is 9.28. The van der Waals surface area contributed by atoms with Gasteiger partial charge in [-0.2, -0.15) is 0 Å². The lowest BCUT2D eigenvalue weighted by molar-refractivity contribution is -0.136. The molecule has 2 aromatic carbocycles. The summed E-state index contributed by atoms with van der Waals surface area (Å²) in [6, 6.07) is 10.9. The van der Waals surface area contributed by atoms with Crippen LogP contribution in [-0.4, -0.2) is 57.5 Å². The van der Waals surface area contributed by atoms with Gasteiger partial charge in [-0.1, -0.05) is 6.07 Å². The van der Waals surface area contributed by atoms with E-state index in [-0.39, 0.29) is 29.8 Å². The normalized spacial score (nSPS) is 20.8. The summed E-state index contributed by atoms with van der Waals surface area (Å²) in [5.41, 5.74) is 3.25. The van der Waals surface area contributed by atoms with Gasteiger partial charge in [-0.25, -0.2) is 4.39 Å². The third-order valence-electron chi connectivity index (χ3n) is 7.05. The highest BCUT2D eigenvalue weighted by atomic mass is 19.1. The number of carbonyl (C=O) groups excluding carboxylic acids is 4. The minimum absolute atomic E-state index is 0.0902. The van der Waals surface area contributed by atoms with Crippen molar-refractivity contribution >= 4 is 34.5 Å². The number of carbonyl (C=O) groups is 4. The van der Waals surface area contributed by atoms with Crippen LogP contribution in [0.5, 0.6) is 0 Å². The lowest BCUT2D eigenvalue weighted by atomic mass is 9.88. The number of nitrogens with one attached hydrogen (secondary N) is 1. The molecule has 1 atom stereocenters. The Labute approximate surface area is 199 Å². The first-order valence-electron chi connectivity index (χ1n) is 11.5. The maximum Gasteiger partial charge on any atom is 0.262 e. The molecule has 8 nitrogen and oxygen atoms in total. The molecule has 0 saturated carbocycles. The van der Waals surface area contributed by atoms with Crippen molar-refractivity contribution in [2.24, 2.45) is 0 Å². The number of aromatic nitrogens is 1. The first kappa shape index (κ1) is 21.5. The maximum atomic E-state index is 13.6. The van der Waals surface area contributed by atoms with Gasteiger partial charge in [0.25, 0.3) is 11.8 Å². The van der Waals surface area contributed by atoms with Crippen molar-refractivity contribution in [3.8, 4) is 0 Å². The molecular weight excluding hydrogens is 451 g/mol. The van der Waals surface area contributed by atoms with Crippen LogP contribution in [0.25, 0.3) is 10.9 Å². The summed E-state index contributed by atoms with van der Waals surface area (Å²) < 4.78 is 13.6. The molecule has 3 aliphatic rings. The fourth-order valence-corrected chi connectivity index (χ4v) is 5.27. The van der Waals surface area contributed by atoms with E-state index in [0.29, 0.717) is 18.0 Å². The van der Waals surface area contributed by atoms with Gasteiger partial charge in [0.05, 0.1) is 16.6 Å². The van der Waals surface area contributed by atoms with E-state index in [1.54, 1.807) is 24.4 Å². The maximum absolute atomic E-state index is 13.6. The number of halogens is 1. The Bertz CT molecular complexity index is 1430. The summed E-state index contributed by atoms with van der Waals surface area (Å²) >= 11 is 0. The van der Waals surface area contributed by atoms with Crippen molar-refractivity contribution in [2.45, 2.75) is 31.3 Å². The molecule has 3 aromatic rings. The van der Waals surface area contributed by atoms with Crippen molar-refractivity contribution < 1.29 is 23.6 Å². The number of benzene rings is 2. The number of hydrogen-bond donors (Lipinski definition) is 1. The highest BCUT2D eigenvalue weighted by Gasteiger charge is 2.44. The van der Waals surface area contributed by atoms with E-state index in [1.165, 1.54) is 12.1 Å². The Morgan fingerprint density at radius 3 is 2.57 bits per heavy atom. The molecule has 6 rings (SSSR count). The largest absolute Gasteiger partial charge is 0.298 e. The van der Waals surface area contributed by atoms with Crippen LogP contribution in [0.15, 0.2) is 48.7 Å². The van der Waals surface area contributed by atoms with Gasteiger partial charge >= 0.3 is 0 Å². The second kappa shape index (κ2) is 8.06. The standard InChI is InChI=1S/C26H21FN4O4/c27-16-2-4-18-17(7-8-28-21(18)10-16)15-12-30(13-15)11-14-1-3-19-20(9-14)26(35)31(25(19)34)22-5-6-23(32)29-24(22)33/h1-4,7-10,15,22H,5-6,11-13H2,(H,29,32,33). The van der Waals surface area contributed by atoms with Crippen molar-refractivity contribution in [1.82, 2.24) is 20.1 Å². The second-order valence-electron chi connectivity index (χ2n) is 9.28. The molecule has 1 N–H and O–H groups in total. The lowest BCUT2D eigenvalue weighted by Crippen LogP contribution is -2.54. The molecule has 4 amide bonds. The minimum Gasteiger partial charge on any atom is -0.298 e. The van der Waals surface area contributed by atoms with E-state index in [4.69, 9.17) is 0 Å². The van der Waals surface area contributed by atoms with Gasteiger partial charge in [-0.3, -0.25) is 39.3 Å². The van der Waals surface area contributed by atoms with Crippen LogP contribution in [0, 0.1) is 5.82 Å². The monoisotopic (exact) mass is 472 g/mol. The molecule has 1 unspecified atom stereocenters. The van der Waals surface area contributed by atoms with Gasteiger partial charge in [0.15, 0.2) is 0 Å². The van der Waals surface area contributed by atoms with Crippen LogP contribution >= 0.6 is 0 Å². The number of imide groups is 2. The lowest BCUT2D eigenvalue weighted by Gasteiger charge is -2.40. The minimum atomic E-state index is -0.969. The molecule has 1 aromatic heterocycles. The first-order valence-corrected chi connectivity index (χ1v) is 11.5. The van der Waals surface area contributed by atoms with Crippen LogP contribution in [-0.2, 0) is 16.1 Å². The smallest absolute Gasteiger partial charge is 0.262 e. The summed E-state index contributed by atoms with van der Waals surface area (Å²) in [5, 5.41) is 3.16. The van der Waals surface area contributed by atoms with E-state index in [0.717, 1.165) is 34.5 Å². The fraction of sp³-hybridized carbons (Fsp3) is 0.269. The zero-order chi connectivity index (χ0) is 24.3. The van der Waals surface area contributed by atoms with E-state index >= 15 is 0 Å². The highest BCUT2D eigenvalue weighted by molar-refractivity contribution is 6.23. The van der Waals surface area contributed by atoms with Crippen LogP contribution in [0.1, 0.15) is 50.6 Å². The Balaban J connectivity index is 1.16. The predicted molar refractivity (Wildman–Crippen MR) is 123 cm³/mol. The number of rotatable bonds is 4. The summed E-state index contributed by atoms with van der Waals surface area (Å²) in [6.45, 7) is 2.23. The average Bonchev–Trinajstić information content (AvgIpc) is 3.05. The molecule has 0 aliphatic carbocycles. The zero-order valence-electron chi connectivity index (χ0n) is 18.7. The topological polar surface area (TPSA) is 99.7 Å². The van der Waals surface area contributed by atoms with Crippen molar-refractivity contribution in [3.05, 3.63) is 76.7 Å². The predicted octanol–water partition coefficient (Wildman–Crippen LogP) is 2.37. The zero-order valence-corrected chi connectivity index (χ0v) is 18.7. The third-order valence-corrected chi connectivity index (χ3v) is 7.05. The number of fused-ring (bicyclic) bond motifs is 2. The van der Waals surface area contributed by atoms with E-state index < -0.39 is 29.7 Å². The fourth-order valence-electron chi connectivity index (χ4n) is 5.27. The molecular formula is C26H21FN4O4. The van der Waals surface area contributed by atoms with Gasteiger partial charge in [0.1, 0.15) is 11.9 Å². The van der Waals surface area contributed by atoms with Crippen molar-refractivity contribution in [2.75, 3.05) is 13.1 Å². The van der Waals surface area contributed by atoms with Gasteiger partial charge in [-0.05, 0) is 47.9 Å². The highest BCUT2D eigenvalue weighted by Crippen LogP contribution is 2.34. The first-order chi connectivity index (χ1) is 16.9. The van der Waals surface area contributed by atoms with Gasteiger partial charge in [0.2, 0.25) is 11.8 Å². The summed E-state index contributed by atoms with van der Waals surface area (Å²) in [7, 11) is 0. The molecule has 9 heteroatoms. The molecule has 0 bridgehead atoms. The number of pyridine rings is 1. The summed E-state index contributed by atoms with van der Waals surface area (Å²) in [6.07, 6.45) is 1.93. The van der Waals surface area contributed by atoms with E-state index in [9.17, 15) is 23.6 Å². The van der Waals surface area contributed by atoms with Gasteiger partial charge in [-0.15, -0.1) is 0 Å². The Kier molecular flexibility index (Phi) is 4.96. The van der Waals surface area contributed by atoms with Crippen LogP contribution < -0.4 is 5.32 Å². The molecule has 0 radical (unpaired) electrons. The van der Waals surface area contributed by atoms with Gasteiger partial charge in [0, 0.05) is 49.6 Å². The quantitative estimate of drug-likeness (QED) is 0.586. The number of hydrogen-bond acceptors (Lipinski definition) is 6. The average molecular weight is 472 g/mol. The van der Waals surface area contributed by atoms with Crippen molar-refractivity contribution in [1.29, 1.82) is 0 Å². The van der Waals surface area contributed by atoms with Crippen LogP contribution in [0.4, 0.5) is 4.39 Å². The summed E-state index contributed by atoms with van der Waals surface area (Å²) in [4.78, 5) is 57.1. The number of amides is 4. The molecule has 0 spiro atoms. The van der Waals surface area contributed by atoms with Crippen LogP contribution in [0.3, 0.4) is 0 Å². The SMILES string of the molecule is O=C1CCC(N2C(=O)c3ccc(CN4CC(c5ccnc6cc(F)ccc56)C4)cc3C2=O)C(=O)N1. The Morgan fingerprint density at radius 2 is 1.77 bits per heavy atom. The number of nitrogens with zero attached hydrogens (tertiary/aromatic N) is 3. The number of piperidine rings is 1. The molecule has 2 saturated heterocycles. The molecule has 2 fully saturated rings. The van der Waals surface area contributed by atoms with Crippen LogP contribution in [0.2, 0.25) is 0 Å². The summed E-state index contributed by atoms with van der Waals surface area (Å²) in [5.74, 6) is -2.03. The Hall–Kier alpha value is -3.98. The van der Waals surface area contributed by atoms with Crippen molar-refractivity contribution in [3.63, 3.8) is 0 Å². The molecule has 176 valence electrons. The molecule has 3 aliphatic heterocycles. The Morgan fingerprint density at radius 1 is 0.971 bits per heavy atom. The van der Waals surface area contributed by atoms with Gasteiger partial charge < -0.3 is 0 Å².